The number of esters is 1. The van der Waals surface area contributed by atoms with Gasteiger partial charge in [0.1, 0.15) is 6.10 Å². The van der Waals surface area contributed by atoms with E-state index >= 15 is 0 Å². The first-order valence-electron chi connectivity index (χ1n) is 10.7. The maximum absolute atomic E-state index is 12.9. The number of ether oxygens (including phenoxy) is 1. The SMILES string of the molecule is O=C(C[C@@H]1C/C=C/CCC(=O)OC(c2ccccc2)CNC1=O)NCc1ccc(Cl)cc1. The first-order valence-corrected chi connectivity index (χ1v) is 11.1. The van der Waals surface area contributed by atoms with E-state index in [-0.39, 0.29) is 37.2 Å². The Morgan fingerprint density at radius 2 is 1.81 bits per heavy atom. The van der Waals surface area contributed by atoms with Crippen molar-refractivity contribution in [2.45, 2.75) is 38.3 Å². The van der Waals surface area contributed by atoms with Crippen molar-refractivity contribution in [2.75, 3.05) is 6.54 Å². The molecule has 6 nitrogen and oxygen atoms in total. The molecule has 0 saturated heterocycles. The van der Waals surface area contributed by atoms with E-state index < -0.39 is 12.0 Å². The van der Waals surface area contributed by atoms with Crippen LogP contribution < -0.4 is 10.6 Å². The van der Waals surface area contributed by atoms with Crippen molar-refractivity contribution in [1.29, 1.82) is 0 Å². The van der Waals surface area contributed by atoms with Crippen LogP contribution in [0.15, 0.2) is 66.7 Å². The molecule has 0 aromatic heterocycles. The molecule has 1 aliphatic heterocycles. The smallest absolute Gasteiger partial charge is 0.306 e. The van der Waals surface area contributed by atoms with Crippen molar-refractivity contribution in [2.24, 2.45) is 5.92 Å². The van der Waals surface area contributed by atoms with Crippen LogP contribution in [-0.2, 0) is 25.7 Å². The predicted octanol–water partition coefficient (Wildman–Crippen LogP) is 4.10. The van der Waals surface area contributed by atoms with Gasteiger partial charge in [-0.3, -0.25) is 14.4 Å². The Bertz CT molecular complexity index is 944. The van der Waals surface area contributed by atoms with Gasteiger partial charge in [-0.25, -0.2) is 0 Å². The highest BCUT2D eigenvalue weighted by Gasteiger charge is 2.24. The lowest BCUT2D eigenvalue weighted by Gasteiger charge is -2.21. The second-order valence-electron chi connectivity index (χ2n) is 7.68. The maximum Gasteiger partial charge on any atom is 0.306 e. The number of carbonyl (C=O) groups is 3. The van der Waals surface area contributed by atoms with Gasteiger partial charge >= 0.3 is 5.97 Å². The quantitative estimate of drug-likeness (QED) is 0.526. The van der Waals surface area contributed by atoms with Crippen LogP contribution in [0.3, 0.4) is 0 Å². The molecule has 0 radical (unpaired) electrons. The number of nitrogens with one attached hydrogen (secondary N) is 2. The van der Waals surface area contributed by atoms with Crippen molar-refractivity contribution in [3.63, 3.8) is 0 Å². The number of rotatable bonds is 5. The van der Waals surface area contributed by atoms with Gasteiger partial charge in [-0.1, -0.05) is 66.2 Å². The molecule has 3 rings (SSSR count). The number of halogens is 1. The van der Waals surface area contributed by atoms with Crippen LogP contribution >= 0.6 is 11.6 Å². The summed E-state index contributed by atoms with van der Waals surface area (Å²) in [4.78, 5) is 37.5. The molecule has 1 unspecified atom stereocenters. The van der Waals surface area contributed by atoms with Gasteiger partial charge in [0.25, 0.3) is 0 Å². The zero-order chi connectivity index (χ0) is 22.8. The molecule has 0 spiro atoms. The maximum atomic E-state index is 12.9. The number of cyclic esters (lactones) is 1. The van der Waals surface area contributed by atoms with Crippen LogP contribution in [-0.4, -0.2) is 24.3 Å². The molecular formula is C25H27ClN2O4. The highest BCUT2D eigenvalue weighted by Crippen LogP contribution is 2.19. The van der Waals surface area contributed by atoms with Crippen LogP contribution in [0.1, 0.15) is 42.9 Å². The van der Waals surface area contributed by atoms with E-state index in [1.807, 2.05) is 54.6 Å². The number of carbonyl (C=O) groups excluding carboxylic acids is 3. The summed E-state index contributed by atoms with van der Waals surface area (Å²) >= 11 is 5.89. The fourth-order valence-electron chi connectivity index (χ4n) is 3.41. The predicted molar refractivity (Wildman–Crippen MR) is 123 cm³/mol. The van der Waals surface area contributed by atoms with Gasteiger partial charge in [0, 0.05) is 24.4 Å². The van der Waals surface area contributed by atoms with E-state index in [1.54, 1.807) is 12.1 Å². The monoisotopic (exact) mass is 454 g/mol. The van der Waals surface area contributed by atoms with Crippen molar-refractivity contribution < 1.29 is 19.1 Å². The second kappa shape index (κ2) is 12.1. The van der Waals surface area contributed by atoms with Gasteiger partial charge in [-0.15, -0.1) is 0 Å². The molecule has 0 bridgehead atoms. The Labute approximate surface area is 193 Å². The average Bonchev–Trinajstić information content (AvgIpc) is 2.80. The minimum Gasteiger partial charge on any atom is -0.456 e. The molecule has 1 heterocycles. The third-order valence-corrected chi connectivity index (χ3v) is 5.47. The molecule has 2 atom stereocenters. The number of benzene rings is 2. The van der Waals surface area contributed by atoms with E-state index in [2.05, 4.69) is 10.6 Å². The molecular weight excluding hydrogens is 428 g/mol. The van der Waals surface area contributed by atoms with Gasteiger partial charge in [0.05, 0.1) is 12.5 Å². The molecule has 2 aromatic rings. The Morgan fingerprint density at radius 1 is 1.06 bits per heavy atom. The largest absolute Gasteiger partial charge is 0.456 e. The fraction of sp³-hybridized carbons (Fsp3) is 0.320. The lowest BCUT2D eigenvalue weighted by Crippen LogP contribution is -2.37. The zero-order valence-corrected chi connectivity index (χ0v) is 18.5. The summed E-state index contributed by atoms with van der Waals surface area (Å²) < 4.78 is 5.59. The zero-order valence-electron chi connectivity index (χ0n) is 17.8. The molecule has 1 aliphatic rings. The van der Waals surface area contributed by atoms with E-state index in [1.165, 1.54) is 0 Å². The summed E-state index contributed by atoms with van der Waals surface area (Å²) in [6.07, 6.45) is 4.41. The summed E-state index contributed by atoms with van der Waals surface area (Å²) in [5.74, 6) is -1.26. The van der Waals surface area contributed by atoms with Crippen molar-refractivity contribution in [3.05, 3.63) is 82.9 Å². The number of hydrogen-bond acceptors (Lipinski definition) is 4. The van der Waals surface area contributed by atoms with E-state index in [0.717, 1.165) is 11.1 Å². The molecule has 2 amide bonds. The topological polar surface area (TPSA) is 84.5 Å². The third kappa shape index (κ3) is 7.54. The average molecular weight is 455 g/mol. The number of allylic oxidation sites excluding steroid dienone is 2. The van der Waals surface area contributed by atoms with Gasteiger partial charge in [-0.2, -0.15) is 0 Å². The Balaban J connectivity index is 1.62. The molecule has 0 aliphatic carbocycles. The van der Waals surface area contributed by atoms with Crippen LogP contribution in [0.25, 0.3) is 0 Å². The summed E-state index contributed by atoms with van der Waals surface area (Å²) in [7, 11) is 0. The van der Waals surface area contributed by atoms with Gasteiger partial charge in [0.2, 0.25) is 11.8 Å². The summed E-state index contributed by atoms with van der Waals surface area (Å²) in [5.41, 5.74) is 1.74. The molecule has 7 heteroatoms. The first kappa shape index (κ1) is 23.5. The first-order chi connectivity index (χ1) is 15.5. The van der Waals surface area contributed by atoms with E-state index in [4.69, 9.17) is 16.3 Å². The lowest BCUT2D eigenvalue weighted by atomic mass is 9.98. The minimum absolute atomic E-state index is 0.0690. The molecule has 168 valence electrons. The highest BCUT2D eigenvalue weighted by molar-refractivity contribution is 6.30. The third-order valence-electron chi connectivity index (χ3n) is 5.21. The second-order valence-corrected chi connectivity index (χ2v) is 8.12. The Hall–Kier alpha value is -3.12. The van der Waals surface area contributed by atoms with Crippen molar-refractivity contribution in [3.8, 4) is 0 Å². The highest BCUT2D eigenvalue weighted by atomic mass is 35.5. The Morgan fingerprint density at radius 3 is 2.56 bits per heavy atom. The van der Waals surface area contributed by atoms with Crippen molar-refractivity contribution in [1.82, 2.24) is 10.6 Å². The van der Waals surface area contributed by atoms with Crippen LogP contribution in [0.5, 0.6) is 0 Å². The van der Waals surface area contributed by atoms with Gasteiger partial charge in [0.15, 0.2) is 0 Å². The Kier molecular flexibility index (Phi) is 8.87. The molecule has 0 fully saturated rings. The number of hydrogen-bond donors (Lipinski definition) is 2. The summed E-state index contributed by atoms with van der Waals surface area (Å²) in [6.45, 7) is 0.521. The van der Waals surface area contributed by atoms with Gasteiger partial charge < -0.3 is 15.4 Å². The molecule has 0 saturated carbocycles. The number of amides is 2. The van der Waals surface area contributed by atoms with E-state index in [0.29, 0.717) is 24.4 Å². The van der Waals surface area contributed by atoms with Crippen LogP contribution in [0.2, 0.25) is 5.02 Å². The molecule has 2 N–H and O–H groups in total. The van der Waals surface area contributed by atoms with Gasteiger partial charge in [-0.05, 0) is 36.1 Å². The minimum atomic E-state index is -0.574. The van der Waals surface area contributed by atoms with Crippen LogP contribution in [0.4, 0.5) is 0 Å². The van der Waals surface area contributed by atoms with E-state index in [9.17, 15) is 14.4 Å². The summed E-state index contributed by atoms with van der Waals surface area (Å²) in [5, 5.41) is 6.35. The fourth-order valence-corrected chi connectivity index (χ4v) is 3.54. The summed E-state index contributed by atoms with van der Waals surface area (Å²) in [6, 6.07) is 16.5. The standard InChI is InChI=1S/C25H27ClN2O4/c26-21-13-11-18(12-14-21)16-27-23(29)15-20-9-5-2-6-10-24(30)32-22(17-28-25(20)31)19-7-3-1-4-8-19/h1-5,7-8,11-14,20,22H,6,9-10,15-17H2,(H,27,29)(H,28,31)/b5-2+/t20-,22?/m0/s1. The molecule has 2 aromatic carbocycles. The lowest BCUT2D eigenvalue weighted by molar-refractivity contribution is -0.150. The normalized spacial score (nSPS) is 20.8. The van der Waals surface area contributed by atoms with Crippen LogP contribution in [0, 0.1) is 5.92 Å². The van der Waals surface area contributed by atoms with Crippen molar-refractivity contribution >= 4 is 29.4 Å². The molecule has 32 heavy (non-hydrogen) atoms.